The summed E-state index contributed by atoms with van der Waals surface area (Å²) in [5.74, 6) is -3.65. The van der Waals surface area contributed by atoms with Crippen LogP contribution in [0.1, 0.15) is 1.43 Å². The van der Waals surface area contributed by atoms with Gasteiger partial charge in [0.15, 0.2) is 0 Å². The van der Waals surface area contributed by atoms with Crippen molar-refractivity contribution < 1.29 is 107 Å². The second kappa shape index (κ2) is 22.5. The van der Waals surface area contributed by atoms with E-state index in [2.05, 4.69) is 0 Å². The number of aliphatic carboxylic acids is 2. The summed E-state index contributed by atoms with van der Waals surface area (Å²) < 4.78 is 8.25. The molecule has 0 aromatic heterocycles. The van der Waals surface area contributed by atoms with Gasteiger partial charge in [0.05, 0.1) is 0 Å². The summed E-state index contributed by atoms with van der Waals surface area (Å²) in [6.45, 7) is 0. The van der Waals surface area contributed by atoms with Gasteiger partial charge in [0.2, 0.25) is 0 Å². The molecule has 0 aromatic rings. The standard InChI is InChI=1S/C2H2O4.K.2H2O.O.Ti.H/c3-1(4)2(5)6;;;;;;/h(H,3,4)(H,5,6);;2*1H2;;;/q;+1;;;;;-1. The number of hydrogen-bond donors (Lipinski definition) is 2. The molecule has 0 rings (SSSR count). The van der Waals surface area contributed by atoms with E-state index in [1.807, 2.05) is 0 Å². The van der Waals surface area contributed by atoms with E-state index in [1.165, 1.54) is 0 Å². The minimum atomic E-state index is -1.82. The van der Waals surface area contributed by atoms with Crippen molar-refractivity contribution in [2.24, 2.45) is 0 Å². The van der Waals surface area contributed by atoms with Gasteiger partial charge in [-0.1, -0.05) is 0 Å². The van der Waals surface area contributed by atoms with Gasteiger partial charge in [0.1, 0.15) is 0 Å². The van der Waals surface area contributed by atoms with Crippen LogP contribution in [0.3, 0.4) is 0 Å². The molecular weight excluding hydrogens is 223 g/mol. The van der Waals surface area contributed by atoms with Gasteiger partial charge in [0.25, 0.3) is 0 Å². The van der Waals surface area contributed by atoms with Crippen molar-refractivity contribution in [1.82, 2.24) is 0 Å². The predicted molar refractivity (Wildman–Crippen MR) is 24.3 cm³/mol. The molecule has 0 aliphatic carbocycles. The monoisotopic (exact) mass is 230 g/mol. The van der Waals surface area contributed by atoms with Gasteiger partial charge in [-0.15, -0.1) is 0 Å². The molecular formula is C2H7KO7Ti. The Hall–Kier alpha value is 1.01. The summed E-state index contributed by atoms with van der Waals surface area (Å²) in [7, 11) is 0. The Kier molecular flexibility index (Phi) is 60.5. The van der Waals surface area contributed by atoms with E-state index in [4.69, 9.17) is 23.1 Å². The van der Waals surface area contributed by atoms with Crippen LogP contribution in [0.25, 0.3) is 0 Å². The van der Waals surface area contributed by atoms with Gasteiger partial charge in [-0.2, -0.15) is 0 Å². The molecule has 0 aromatic carbocycles. The van der Waals surface area contributed by atoms with Gasteiger partial charge >= 0.3 is 87.1 Å². The Morgan fingerprint density at radius 3 is 1.09 bits per heavy atom. The number of carboxylic acid groups (broad SMARTS) is 2. The molecule has 0 amide bonds. The van der Waals surface area contributed by atoms with Crippen LogP contribution in [0, 0.1) is 0 Å². The first-order chi connectivity index (χ1) is 3.64. The fraction of sp³-hybridized carbons (Fsp3) is 0. The van der Waals surface area contributed by atoms with E-state index in [1.54, 1.807) is 0 Å². The molecule has 0 unspecified atom stereocenters. The van der Waals surface area contributed by atoms with E-state index in [0.29, 0.717) is 0 Å². The van der Waals surface area contributed by atoms with E-state index in [0.717, 1.165) is 20.4 Å². The first-order valence-electron chi connectivity index (χ1n) is 1.31. The third kappa shape index (κ3) is 35.6. The van der Waals surface area contributed by atoms with Crippen molar-refractivity contribution in [2.45, 2.75) is 0 Å². The zero-order chi connectivity index (χ0) is 7.15. The van der Waals surface area contributed by atoms with Crippen LogP contribution in [-0.4, -0.2) is 33.1 Å². The SMILES string of the molecule is O.O.O=C(O)C(=O)O.[H-].[K+].[O]=[Ti]. The summed E-state index contributed by atoms with van der Waals surface area (Å²) in [4.78, 5) is 18.2. The summed E-state index contributed by atoms with van der Waals surface area (Å²) >= 11 is 0.750. The number of hydrogen-bond acceptors (Lipinski definition) is 3. The number of rotatable bonds is 0. The zero-order valence-corrected chi connectivity index (χ0v) is 10.3. The van der Waals surface area contributed by atoms with Crippen molar-refractivity contribution in [2.75, 3.05) is 0 Å². The Morgan fingerprint density at radius 2 is 1.09 bits per heavy atom. The van der Waals surface area contributed by atoms with Crippen molar-refractivity contribution in [1.29, 1.82) is 0 Å². The third-order valence-electron chi connectivity index (χ3n) is 0.183. The molecule has 0 aliphatic rings. The van der Waals surface area contributed by atoms with Gasteiger partial charge in [-0.25, -0.2) is 9.59 Å². The number of carboxylic acids is 2. The molecule has 11 heavy (non-hydrogen) atoms. The molecule has 0 atom stereocenters. The molecule has 62 valence electrons. The van der Waals surface area contributed by atoms with Crippen molar-refractivity contribution in [3.63, 3.8) is 0 Å². The summed E-state index contributed by atoms with van der Waals surface area (Å²) in [5, 5.41) is 14.8. The molecule has 0 fully saturated rings. The van der Waals surface area contributed by atoms with Gasteiger partial charge in [0, 0.05) is 0 Å². The van der Waals surface area contributed by atoms with Gasteiger partial charge < -0.3 is 22.6 Å². The van der Waals surface area contributed by atoms with Gasteiger partial charge in [-0.3, -0.25) is 0 Å². The molecule has 0 saturated heterocycles. The Balaban J connectivity index is -0.0000000140. The van der Waals surface area contributed by atoms with Crippen LogP contribution < -0.4 is 51.4 Å². The van der Waals surface area contributed by atoms with Gasteiger partial charge in [-0.05, 0) is 0 Å². The fourth-order valence-corrected chi connectivity index (χ4v) is 0. The maximum absolute atomic E-state index is 9.10. The van der Waals surface area contributed by atoms with Crippen molar-refractivity contribution >= 4 is 11.9 Å². The van der Waals surface area contributed by atoms with Crippen molar-refractivity contribution in [3.05, 3.63) is 0 Å². The molecule has 0 aliphatic heterocycles. The molecule has 0 radical (unpaired) electrons. The van der Waals surface area contributed by atoms with Crippen LogP contribution in [0.15, 0.2) is 0 Å². The maximum atomic E-state index is 9.10. The molecule has 0 heterocycles. The van der Waals surface area contributed by atoms with E-state index >= 15 is 0 Å². The van der Waals surface area contributed by atoms with Crippen LogP contribution in [-0.2, 0) is 33.3 Å². The minimum absolute atomic E-state index is 0. The Labute approximate surface area is 117 Å². The van der Waals surface area contributed by atoms with Crippen LogP contribution in [0.4, 0.5) is 0 Å². The summed E-state index contributed by atoms with van der Waals surface area (Å²) in [5.41, 5.74) is 0. The zero-order valence-electron chi connectivity index (χ0n) is 6.62. The molecule has 0 spiro atoms. The molecule has 0 bridgehead atoms. The normalized spacial score (nSPS) is 4.27. The fourth-order valence-electron chi connectivity index (χ4n) is 0. The third-order valence-corrected chi connectivity index (χ3v) is 0.183. The molecule has 6 N–H and O–H groups in total. The molecule has 9 heteroatoms. The second-order valence-corrected chi connectivity index (χ2v) is 0.610. The Bertz CT molecular complexity index is 97.6. The number of carbonyl (C=O) groups is 2. The Morgan fingerprint density at radius 1 is 1.00 bits per heavy atom. The summed E-state index contributed by atoms with van der Waals surface area (Å²) in [6.07, 6.45) is 0. The van der Waals surface area contributed by atoms with Crippen LogP contribution in [0.2, 0.25) is 0 Å². The van der Waals surface area contributed by atoms with E-state index in [9.17, 15) is 0 Å². The second-order valence-electron chi connectivity index (χ2n) is 0.610. The average molecular weight is 230 g/mol. The quantitative estimate of drug-likeness (QED) is 0.313. The predicted octanol–water partition coefficient (Wildman–Crippen LogP) is -5.50. The summed E-state index contributed by atoms with van der Waals surface area (Å²) in [6, 6.07) is 0. The average Bonchev–Trinajstić information content (AvgIpc) is 1.72. The van der Waals surface area contributed by atoms with Crippen LogP contribution in [0.5, 0.6) is 0 Å². The van der Waals surface area contributed by atoms with E-state index < -0.39 is 11.9 Å². The van der Waals surface area contributed by atoms with E-state index in [-0.39, 0.29) is 63.8 Å². The van der Waals surface area contributed by atoms with Crippen LogP contribution >= 0.6 is 0 Å². The molecule has 7 nitrogen and oxygen atoms in total. The topological polar surface area (TPSA) is 155 Å². The first kappa shape index (κ1) is 29.6. The molecule has 0 saturated carbocycles. The first-order valence-corrected chi connectivity index (χ1v) is 1.95. The van der Waals surface area contributed by atoms with Crippen molar-refractivity contribution in [3.8, 4) is 0 Å².